The second kappa shape index (κ2) is 10.3. The molecule has 0 aliphatic rings. The number of nitrogens with one attached hydrogen (secondary N) is 2. The van der Waals surface area contributed by atoms with Gasteiger partial charge in [0.05, 0.1) is 22.8 Å². The number of nitrogens with zero attached hydrogens (tertiary/aromatic N) is 3. The van der Waals surface area contributed by atoms with E-state index >= 15 is 0 Å². The van der Waals surface area contributed by atoms with Gasteiger partial charge in [-0.25, -0.2) is 18.1 Å². The minimum absolute atomic E-state index is 0.149. The lowest BCUT2D eigenvalue weighted by molar-refractivity contribution is 0.0981. The molecule has 0 spiro atoms. The molecular weight excluding hydrogens is 482 g/mol. The Morgan fingerprint density at radius 1 is 1.11 bits per heavy atom. The molecule has 0 saturated carbocycles. The molecule has 11 heteroatoms. The van der Waals surface area contributed by atoms with Crippen LogP contribution in [0.5, 0.6) is 5.75 Å². The number of ether oxygens (including phenoxy) is 1. The molecule has 2 aromatic heterocycles. The number of fused-ring (bicyclic) bond motifs is 1. The molecule has 4 rings (SSSR count). The van der Waals surface area contributed by atoms with Crippen LogP contribution in [0.25, 0.3) is 22.4 Å². The first-order valence-corrected chi connectivity index (χ1v) is 13.1. The smallest absolute Gasteiger partial charge is 0.277 e. The third-order valence-electron chi connectivity index (χ3n) is 5.49. The van der Waals surface area contributed by atoms with E-state index in [4.69, 9.17) is 4.74 Å². The summed E-state index contributed by atoms with van der Waals surface area (Å²) < 4.78 is 35.5. The zero-order valence-electron chi connectivity index (χ0n) is 20.2. The SMILES string of the molecule is CCCOc1ccc(S(=O)(=O)NC(=O)c2ccccc2)cc1-c1nc2c(CCC)nn(C)c2c(=O)[nH]1. The van der Waals surface area contributed by atoms with Crippen LogP contribution < -0.4 is 15.0 Å². The fourth-order valence-electron chi connectivity index (χ4n) is 3.81. The number of hydrogen-bond donors (Lipinski definition) is 2. The van der Waals surface area contributed by atoms with E-state index in [-0.39, 0.29) is 21.8 Å². The summed E-state index contributed by atoms with van der Waals surface area (Å²) in [5, 5.41) is 4.42. The first-order valence-electron chi connectivity index (χ1n) is 11.6. The number of carbonyl (C=O) groups excluding carboxylic acids is 1. The number of rotatable bonds is 9. The van der Waals surface area contributed by atoms with Gasteiger partial charge in [0.25, 0.3) is 21.5 Å². The molecule has 0 aliphatic carbocycles. The van der Waals surface area contributed by atoms with Gasteiger partial charge in [0.15, 0.2) is 5.52 Å². The molecule has 0 aliphatic heterocycles. The van der Waals surface area contributed by atoms with E-state index < -0.39 is 21.5 Å². The number of amides is 1. The number of aryl methyl sites for hydroxylation is 2. The molecule has 10 nitrogen and oxygen atoms in total. The Hall–Kier alpha value is -3.99. The fourth-order valence-corrected chi connectivity index (χ4v) is 4.81. The highest BCUT2D eigenvalue weighted by atomic mass is 32.2. The van der Waals surface area contributed by atoms with E-state index in [2.05, 4.69) is 19.8 Å². The van der Waals surface area contributed by atoms with Crippen molar-refractivity contribution < 1.29 is 17.9 Å². The highest BCUT2D eigenvalue weighted by Gasteiger charge is 2.23. The zero-order valence-corrected chi connectivity index (χ0v) is 21.1. The summed E-state index contributed by atoms with van der Waals surface area (Å²) in [7, 11) is -2.55. The fraction of sp³-hybridized carbons (Fsp3) is 0.280. The lowest BCUT2D eigenvalue weighted by Crippen LogP contribution is -2.30. The molecule has 4 aromatic rings. The van der Waals surface area contributed by atoms with Gasteiger partial charge in [-0.3, -0.25) is 14.3 Å². The van der Waals surface area contributed by atoms with Crippen molar-refractivity contribution in [3.8, 4) is 17.1 Å². The summed E-state index contributed by atoms with van der Waals surface area (Å²) in [4.78, 5) is 32.7. The van der Waals surface area contributed by atoms with Crippen LogP contribution in [0.2, 0.25) is 0 Å². The molecule has 0 radical (unpaired) electrons. The monoisotopic (exact) mass is 509 g/mol. The van der Waals surface area contributed by atoms with E-state index in [1.54, 1.807) is 25.2 Å². The van der Waals surface area contributed by atoms with Crippen molar-refractivity contribution in [3.05, 3.63) is 70.1 Å². The molecule has 188 valence electrons. The molecule has 0 unspecified atom stereocenters. The Morgan fingerprint density at radius 3 is 2.56 bits per heavy atom. The number of carbonyl (C=O) groups is 1. The highest BCUT2D eigenvalue weighted by Crippen LogP contribution is 2.31. The zero-order chi connectivity index (χ0) is 25.9. The average molecular weight is 510 g/mol. The summed E-state index contributed by atoms with van der Waals surface area (Å²) in [5.74, 6) is -0.250. The number of aromatic nitrogens is 4. The van der Waals surface area contributed by atoms with Crippen LogP contribution in [-0.2, 0) is 23.5 Å². The van der Waals surface area contributed by atoms with Crippen molar-refractivity contribution in [1.82, 2.24) is 24.5 Å². The Balaban J connectivity index is 1.82. The molecule has 0 bridgehead atoms. The van der Waals surface area contributed by atoms with E-state index in [1.807, 2.05) is 13.8 Å². The number of hydrogen-bond acceptors (Lipinski definition) is 7. The Bertz CT molecular complexity index is 1580. The van der Waals surface area contributed by atoms with Gasteiger partial charge < -0.3 is 9.72 Å². The normalized spacial score (nSPS) is 11.5. The van der Waals surface area contributed by atoms with Crippen LogP contribution in [-0.4, -0.2) is 40.7 Å². The van der Waals surface area contributed by atoms with Gasteiger partial charge in [-0.1, -0.05) is 38.5 Å². The number of benzene rings is 2. The first kappa shape index (κ1) is 25.1. The summed E-state index contributed by atoms with van der Waals surface area (Å²) >= 11 is 0. The standard InChI is InChI=1S/C25H27N5O5S/c1-4-9-19-21-22(30(3)28-19)25(32)27-23(26-21)18-15-17(12-13-20(18)35-14-5-2)36(33,34)29-24(31)16-10-7-6-8-11-16/h6-8,10-13,15H,4-5,9,14H2,1-3H3,(H,29,31)(H,26,27,32). The average Bonchev–Trinajstić information content (AvgIpc) is 3.18. The van der Waals surface area contributed by atoms with Crippen molar-refractivity contribution >= 4 is 27.0 Å². The Morgan fingerprint density at radius 2 is 1.86 bits per heavy atom. The first-order chi connectivity index (χ1) is 17.2. The minimum atomic E-state index is -4.23. The minimum Gasteiger partial charge on any atom is -0.493 e. The van der Waals surface area contributed by atoms with Crippen LogP contribution in [0.3, 0.4) is 0 Å². The maximum Gasteiger partial charge on any atom is 0.277 e. The molecule has 1 amide bonds. The van der Waals surface area contributed by atoms with Crippen LogP contribution in [0, 0.1) is 0 Å². The van der Waals surface area contributed by atoms with Crippen molar-refractivity contribution in [2.75, 3.05) is 6.61 Å². The molecule has 2 N–H and O–H groups in total. The third kappa shape index (κ3) is 5.01. The number of aromatic amines is 1. The quantitative estimate of drug-likeness (QED) is 0.354. The summed E-state index contributed by atoms with van der Waals surface area (Å²) in [5.41, 5.74) is 1.54. The predicted octanol–water partition coefficient (Wildman–Crippen LogP) is 3.18. The van der Waals surface area contributed by atoms with Crippen LogP contribution >= 0.6 is 0 Å². The second-order valence-electron chi connectivity index (χ2n) is 8.24. The van der Waals surface area contributed by atoms with E-state index in [0.29, 0.717) is 35.5 Å². The summed E-state index contributed by atoms with van der Waals surface area (Å²) in [6, 6.07) is 12.2. The molecule has 0 saturated heterocycles. The lowest BCUT2D eigenvalue weighted by atomic mass is 10.1. The Kier molecular flexibility index (Phi) is 7.20. The third-order valence-corrected chi connectivity index (χ3v) is 6.82. The molecule has 0 atom stereocenters. The lowest BCUT2D eigenvalue weighted by Gasteiger charge is -2.13. The van der Waals surface area contributed by atoms with Crippen LogP contribution in [0.1, 0.15) is 42.7 Å². The maximum atomic E-state index is 13.1. The topological polar surface area (TPSA) is 136 Å². The summed E-state index contributed by atoms with van der Waals surface area (Å²) in [6.45, 7) is 4.32. The molecule has 2 heterocycles. The summed E-state index contributed by atoms with van der Waals surface area (Å²) in [6.07, 6.45) is 2.17. The maximum absolute atomic E-state index is 13.1. The van der Waals surface area contributed by atoms with Crippen LogP contribution in [0.4, 0.5) is 0 Å². The predicted molar refractivity (Wildman–Crippen MR) is 135 cm³/mol. The van der Waals surface area contributed by atoms with Gasteiger partial charge >= 0.3 is 0 Å². The second-order valence-corrected chi connectivity index (χ2v) is 9.92. The van der Waals surface area contributed by atoms with E-state index in [0.717, 1.165) is 12.8 Å². The van der Waals surface area contributed by atoms with Crippen LogP contribution in [0.15, 0.2) is 58.2 Å². The highest BCUT2D eigenvalue weighted by molar-refractivity contribution is 7.90. The van der Waals surface area contributed by atoms with Crippen molar-refractivity contribution in [2.24, 2.45) is 7.05 Å². The largest absolute Gasteiger partial charge is 0.493 e. The molecule has 36 heavy (non-hydrogen) atoms. The van der Waals surface area contributed by atoms with Crippen molar-refractivity contribution in [2.45, 2.75) is 38.0 Å². The van der Waals surface area contributed by atoms with Gasteiger partial charge in [-0.15, -0.1) is 0 Å². The van der Waals surface area contributed by atoms with Crippen molar-refractivity contribution in [1.29, 1.82) is 0 Å². The van der Waals surface area contributed by atoms with Gasteiger partial charge in [0.1, 0.15) is 17.1 Å². The molecule has 0 fully saturated rings. The molecule has 2 aromatic carbocycles. The molecular formula is C25H27N5O5S. The van der Waals surface area contributed by atoms with Gasteiger partial charge in [-0.2, -0.15) is 5.10 Å². The van der Waals surface area contributed by atoms with Crippen molar-refractivity contribution in [3.63, 3.8) is 0 Å². The van der Waals surface area contributed by atoms with Gasteiger partial charge in [0, 0.05) is 12.6 Å². The van der Waals surface area contributed by atoms with E-state index in [9.17, 15) is 18.0 Å². The number of H-pyrrole nitrogens is 1. The number of sulfonamides is 1. The van der Waals surface area contributed by atoms with Gasteiger partial charge in [-0.05, 0) is 43.2 Å². The van der Waals surface area contributed by atoms with Gasteiger partial charge in [0.2, 0.25) is 0 Å². The Labute approximate surface area is 208 Å². The van der Waals surface area contributed by atoms with E-state index in [1.165, 1.54) is 35.0 Å².